The van der Waals surface area contributed by atoms with Gasteiger partial charge in [-0.2, -0.15) is 0 Å². The van der Waals surface area contributed by atoms with Gasteiger partial charge in [0.25, 0.3) is 0 Å². The second-order valence-electron chi connectivity index (χ2n) is 13.6. The van der Waals surface area contributed by atoms with Crippen LogP contribution in [0, 0.1) is 0 Å². The summed E-state index contributed by atoms with van der Waals surface area (Å²) in [4.78, 5) is 0. The maximum absolute atomic E-state index is 6.95. The van der Waals surface area contributed by atoms with Crippen LogP contribution in [0.5, 0.6) is 0 Å². The number of hydrogen-bond acceptors (Lipinski definition) is 2. The van der Waals surface area contributed by atoms with E-state index >= 15 is 0 Å². The third-order valence-electron chi connectivity index (χ3n) is 11.0. The molecule has 0 saturated heterocycles. The molecular formula is C48H26O2. The monoisotopic (exact) mass is 634 g/mol. The molecule has 0 N–H and O–H groups in total. The standard InChI is InChI=1S/C48H26O2/c1-2-8-32-26-43-41(24-31(32)7-1)46-38(36-18-15-30-13-12-28-9-5-10-29-16-19-37(36)45(30)44(28)29)22-21-35(48(46)50-43)33-17-23-42-40(25-33)39-20-14-27-6-3-4-11-34(27)47(39)49-42/h1-26H. The van der Waals surface area contributed by atoms with Gasteiger partial charge in [0.15, 0.2) is 0 Å². The van der Waals surface area contributed by atoms with Crippen LogP contribution in [0.1, 0.15) is 0 Å². The first kappa shape index (κ1) is 26.3. The molecule has 0 aliphatic carbocycles. The molecule has 0 bridgehead atoms. The number of benzene rings is 10. The third-order valence-corrected chi connectivity index (χ3v) is 11.0. The van der Waals surface area contributed by atoms with E-state index in [1.54, 1.807) is 0 Å². The molecule has 230 valence electrons. The summed E-state index contributed by atoms with van der Waals surface area (Å²) in [5.41, 5.74) is 8.17. The second kappa shape index (κ2) is 9.49. The van der Waals surface area contributed by atoms with Crippen LogP contribution in [0.2, 0.25) is 0 Å². The van der Waals surface area contributed by atoms with Gasteiger partial charge in [0, 0.05) is 32.5 Å². The number of fused-ring (bicyclic) bond motifs is 9. The average molecular weight is 635 g/mol. The molecule has 0 aliphatic heterocycles. The lowest BCUT2D eigenvalue weighted by Crippen LogP contribution is -1.89. The van der Waals surface area contributed by atoms with Crippen molar-refractivity contribution < 1.29 is 8.83 Å². The molecule has 0 saturated carbocycles. The topological polar surface area (TPSA) is 26.3 Å². The minimum Gasteiger partial charge on any atom is -0.455 e. The first-order valence-electron chi connectivity index (χ1n) is 17.2. The molecule has 12 aromatic rings. The Morgan fingerprint density at radius 2 is 0.920 bits per heavy atom. The zero-order valence-corrected chi connectivity index (χ0v) is 26.8. The summed E-state index contributed by atoms with van der Waals surface area (Å²) >= 11 is 0. The summed E-state index contributed by atoms with van der Waals surface area (Å²) in [6, 6.07) is 57.2. The van der Waals surface area contributed by atoms with Gasteiger partial charge in [0.05, 0.1) is 0 Å². The fraction of sp³-hybridized carbons (Fsp3) is 0. The van der Waals surface area contributed by atoms with Crippen LogP contribution < -0.4 is 0 Å². The first-order valence-corrected chi connectivity index (χ1v) is 17.2. The van der Waals surface area contributed by atoms with Crippen molar-refractivity contribution in [2.75, 3.05) is 0 Å². The number of hydrogen-bond donors (Lipinski definition) is 0. The van der Waals surface area contributed by atoms with Crippen LogP contribution in [0.4, 0.5) is 0 Å². The van der Waals surface area contributed by atoms with Crippen molar-refractivity contribution in [1.29, 1.82) is 0 Å². The third kappa shape index (κ3) is 3.47. The van der Waals surface area contributed by atoms with Gasteiger partial charge >= 0.3 is 0 Å². The highest BCUT2D eigenvalue weighted by molar-refractivity contribution is 6.28. The molecule has 12 rings (SSSR count). The molecule has 0 atom stereocenters. The van der Waals surface area contributed by atoms with Crippen LogP contribution in [-0.4, -0.2) is 0 Å². The van der Waals surface area contributed by atoms with E-state index in [1.165, 1.54) is 59.6 Å². The van der Waals surface area contributed by atoms with Gasteiger partial charge in [-0.25, -0.2) is 0 Å². The minimum absolute atomic E-state index is 0.887. The highest BCUT2D eigenvalue weighted by atomic mass is 16.3. The van der Waals surface area contributed by atoms with E-state index in [1.807, 2.05) is 0 Å². The largest absolute Gasteiger partial charge is 0.455 e. The Morgan fingerprint density at radius 3 is 1.80 bits per heavy atom. The van der Waals surface area contributed by atoms with E-state index in [9.17, 15) is 0 Å². The van der Waals surface area contributed by atoms with Gasteiger partial charge in [-0.1, -0.05) is 121 Å². The lowest BCUT2D eigenvalue weighted by Gasteiger charge is -2.15. The molecule has 10 aromatic carbocycles. The van der Waals surface area contributed by atoms with Crippen molar-refractivity contribution >= 4 is 97.7 Å². The van der Waals surface area contributed by atoms with Gasteiger partial charge in [0.1, 0.15) is 22.3 Å². The Labute approximate surface area is 285 Å². The van der Waals surface area contributed by atoms with Gasteiger partial charge in [-0.15, -0.1) is 0 Å². The van der Waals surface area contributed by atoms with Gasteiger partial charge in [0.2, 0.25) is 0 Å². The maximum atomic E-state index is 6.95. The van der Waals surface area contributed by atoms with Crippen LogP contribution in [0.25, 0.3) is 120 Å². The van der Waals surface area contributed by atoms with E-state index in [-0.39, 0.29) is 0 Å². The molecule has 0 fully saturated rings. The normalized spacial score (nSPS) is 12.4. The van der Waals surface area contributed by atoms with Crippen LogP contribution >= 0.6 is 0 Å². The molecule has 0 radical (unpaired) electrons. The van der Waals surface area contributed by atoms with Gasteiger partial charge in [-0.05, 0) is 102 Å². The SMILES string of the molecule is c1ccc2cc3c(cc2c1)oc1c(-c2ccc4oc5c6ccccc6ccc5c4c2)ccc(-c2ccc4ccc5cccc6ccc2c4c56)c13. The van der Waals surface area contributed by atoms with Crippen molar-refractivity contribution in [1.82, 2.24) is 0 Å². The second-order valence-corrected chi connectivity index (χ2v) is 13.6. The molecule has 2 heteroatoms. The summed E-state index contributed by atoms with van der Waals surface area (Å²) in [6.07, 6.45) is 0. The Kier molecular flexibility index (Phi) is 5.00. The quantitative estimate of drug-likeness (QED) is 0.177. The van der Waals surface area contributed by atoms with Crippen molar-refractivity contribution in [3.8, 4) is 22.3 Å². The highest BCUT2D eigenvalue weighted by Gasteiger charge is 2.21. The van der Waals surface area contributed by atoms with Crippen molar-refractivity contribution in [2.24, 2.45) is 0 Å². The zero-order valence-electron chi connectivity index (χ0n) is 26.8. The molecular weight excluding hydrogens is 609 g/mol. The van der Waals surface area contributed by atoms with Crippen molar-refractivity contribution in [3.05, 3.63) is 158 Å². The molecule has 0 unspecified atom stereocenters. The molecule has 2 nitrogen and oxygen atoms in total. The average Bonchev–Trinajstić information content (AvgIpc) is 3.74. The van der Waals surface area contributed by atoms with Gasteiger partial charge in [-0.3, -0.25) is 0 Å². The Balaban J connectivity index is 1.17. The molecule has 2 aromatic heterocycles. The summed E-state index contributed by atoms with van der Waals surface area (Å²) in [5, 5.41) is 16.9. The van der Waals surface area contributed by atoms with Crippen LogP contribution in [0.3, 0.4) is 0 Å². The first-order chi connectivity index (χ1) is 24.8. The lowest BCUT2D eigenvalue weighted by molar-refractivity contribution is 0.670. The molecule has 0 aliphatic rings. The van der Waals surface area contributed by atoms with E-state index in [0.29, 0.717) is 0 Å². The smallest absolute Gasteiger partial charge is 0.143 e. The van der Waals surface area contributed by atoms with E-state index < -0.39 is 0 Å². The van der Waals surface area contributed by atoms with Crippen LogP contribution in [-0.2, 0) is 0 Å². The minimum atomic E-state index is 0.887. The molecule has 0 amide bonds. The zero-order chi connectivity index (χ0) is 32.5. The van der Waals surface area contributed by atoms with Crippen molar-refractivity contribution in [3.63, 3.8) is 0 Å². The Morgan fingerprint density at radius 1 is 0.280 bits per heavy atom. The summed E-state index contributed by atoms with van der Waals surface area (Å²) in [7, 11) is 0. The maximum Gasteiger partial charge on any atom is 0.143 e. The fourth-order valence-corrected chi connectivity index (χ4v) is 8.66. The van der Waals surface area contributed by atoms with Crippen LogP contribution in [0.15, 0.2) is 167 Å². The molecule has 2 heterocycles. The fourth-order valence-electron chi connectivity index (χ4n) is 8.66. The Hall–Kier alpha value is -6.64. The van der Waals surface area contributed by atoms with Crippen molar-refractivity contribution in [2.45, 2.75) is 0 Å². The molecule has 0 spiro atoms. The van der Waals surface area contributed by atoms with E-state index in [4.69, 9.17) is 8.83 Å². The summed E-state index contributed by atoms with van der Waals surface area (Å²) in [6.45, 7) is 0. The predicted molar refractivity (Wildman–Crippen MR) is 211 cm³/mol. The predicted octanol–water partition coefficient (Wildman–Crippen LogP) is 14.0. The lowest BCUT2D eigenvalue weighted by atomic mass is 9.87. The summed E-state index contributed by atoms with van der Waals surface area (Å²) < 4.78 is 13.4. The highest BCUT2D eigenvalue weighted by Crippen LogP contribution is 2.47. The van der Waals surface area contributed by atoms with Gasteiger partial charge < -0.3 is 8.83 Å². The van der Waals surface area contributed by atoms with E-state index in [0.717, 1.165) is 60.4 Å². The number of furan rings is 2. The molecule has 50 heavy (non-hydrogen) atoms. The Bertz CT molecular complexity index is 3360. The van der Waals surface area contributed by atoms with E-state index in [2.05, 4.69) is 158 Å². The summed E-state index contributed by atoms with van der Waals surface area (Å²) in [5.74, 6) is 0. The number of rotatable bonds is 2.